The monoisotopic (exact) mass is 315 g/mol. The molecule has 1 aromatic carbocycles. The van der Waals surface area contributed by atoms with Gasteiger partial charge in [0.15, 0.2) is 0 Å². The number of nitrogens with one attached hydrogen (secondary N) is 1. The first-order valence-corrected chi connectivity index (χ1v) is 8.44. The van der Waals surface area contributed by atoms with Crippen molar-refractivity contribution >= 4 is 15.7 Å². The molecule has 0 bridgehead atoms. The number of hydrogen-bond donors (Lipinski definition) is 1. The fraction of sp³-hybridized carbons (Fsp3) is 0.188. The van der Waals surface area contributed by atoms with Crippen molar-refractivity contribution in [1.82, 2.24) is 14.1 Å². The molecule has 0 aliphatic rings. The van der Waals surface area contributed by atoms with Crippen LogP contribution >= 0.6 is 0 Å². The highest BCUT2D eigenvalue weighted by molar-refractivity contribution is 7.89. The summed E-state index contributed by atoms with van der Waals surface area (Å²) >= 11 is 0. The highest BCUT2D eigenvalue weighted by Crippen LogP contribution is 2.14. The van der Waals surface area contributed by atoms with Gasteiger partial charge in [-0.3, -0.25) is 0 Å². The molecule has 0 atom stereocenters. The Morgan fingerprint density at radius 1 is 1.09 bits per heavy atom. The predicted molar refractivity (Wildman–Crippen MR) is 85.1 cm³/mol. The van der Waals surface area contributed by atoms with Crippen LogP contribution < -0.4 is 4.72 Å². The predicted octanol–water partition coefficient (Wildman–Crippen LogP) is 2.43. The van der Waals surface area contributed by atoms with E-state index in [1.54, 1.807) is 24.3 Å². The summed E-state index contributed by atoms with van der Waals surface area (Å²) in [5, 5.41) is 0. The first-order chi connectivity index (χ1) is 10.5. The highest BCUT2D eigenvalue weighted by atomic mass is 32.2. The molecule has 0 radical (unpaired) electrons. The standard InChI is InChI=1S/C16H17N3O2S/c1-12-6-8-14(9-7-12)22(20,21)17-11-15-13(2)18-16-5-3-4-10-19(15)16/h3-10,17H,11H2,1-2H3. The fourth-order valence-corrected chi connectivity index (χ4v) is 3.33. The molecule has 3 rings (SSSR count). The van der Waals surface area contributed by atoms with Gasteiger partial charge in [0, 0.05) is 6.20 Å². The van der Waals surface area contributed by atoms with E-state index in [1.165, 1.54) is 0 Å². The van der Waals surface area contributed by atoms with Gasteiger partial charge in [0.1, 0.15) is 5.65 Å². The number of hydrogen-bond acceptors (Lipinski definition) is 3. The van der Waals surface area contributed by atoms with Crippen molar-refractivity contribution in [2.24, 2.45) is 0 Å². The molecule has 5 nitrogen and oxygen atoms in total. The summed E-state index contributed by atoms with van der Waals surface area (Å²) in [5.41, 5.74) is 3.49. The van der Waals surface area contributed by atoms with Crippen molar-refractivity contribution in [1.29, 1.82) is 0 Å². The van der Waals surface area contributed by atoms with E-state index in [0.29, 0.717) is 0 Å². The van der Waals surface area contributed by atoms with Crippen LogP contribution in [-0.2, 0) is 16.6 Å². The van der Waals surface area contributed by atoms with Crippen LogP contribution in [0.2, 0.25) is 0 Å². The number of aryl methyl sites for hydroxylation is 2. The molecular weight excluding hydrogens is 298 g/mol. The minimum atomic E-state index is -3.53. The lowest BCUT2D eigenvalue weighted by Crippen LogP contribution is -2.24. The summed E-state index contributed by atoms with van der Waals surface area (Å²) in [7, 11) is -3.53. The van der Waals surface area contributed by atoms with Crippen LogP contribution in [0.1, 0.15) is 17.0 Å². The smallest absolute Gasteiger partial charge is 0.240 e. The van der Waals surface area contributed by atoms with Gasteiger partial charge in [0.2, 0.25) is 10.0 Å². The molecule has 0 amide bonds. The summed E-state index contributed by atoms with van der Waals surface area (Å²) in [6.45, 7) is 4.00. The molecule has 22 heavy (non-hydrogen) atoms. The average Bonchev–Trinajstić information content (AvgIpc) is 2.81. The van der Waals surface area contributed by atoms with E-state index in [0.717, 1.165) is 22.6 Å². The SMILES string of the molecule is Cc1ccc(S(=O)(=O)NCc2c(C)nc3ccccn23)cc1. The summed E-state index contributed by atoms with van der Waals surface area (Å²) in [4.78, 5) is 4.69. The Bertz CT molecular complexity index is 912. The molecule has 2 aromatic heterocycles. The number of nitrogens with zero attached hydrogens (tertiary/aromatic N) is 2. The van der Waals surface area contributed by atoms with Crippen LogP contribution in [0.4, 0.5) is 0 Å². The van der Waals surface area contributed by atoms with E-state index in [9.17, 15) is 8.42 Å². The second kappa shape index (κ2) is 5.55. The van der Waals surface area contributed by atoms with Crippen LogP contribution in [0.3, 0.4) is 0 Å². The maximum absolute atomic E-state index is 12.3. The van der Waals surface area contributed by atoms with Crippen LogP contribution in [0, 0.1) is 13.8 Å². The molecule has 0 fully saturated rings. The van der Waals surface area contributed by atoms with Crippen LogP contribution in [0.5, 0.6) is 0 Å². The number of rotatable bonds is 4. The summed E-state index contributed by atoms with van der Waals surface area (Å²) < 4.78 is 29.2. The minimum absolute atomic E-state index is 0.202. The van der Waals surface area contributed by atoms with E-state index in [2.05, 4.69) is 9.71 Å². The molecule has 0 saturated carbocycles. The van der Waals surface area contributed by atoms with Crippen molar-refractivity contribution in [2.75, 3.05) is 0 Å². The molecule has 0 aliphatic carbocycles. The van der Waals surface area contributed by atoms with Crippen LogP contribution in [0.15, 0.2) is 53.6 Å². The van der Waals surface area contributed by atoms with Gasteiger partial charge in [0.05, 0.1) is 22.8 Å². The Labute approximate surface area is 129 Å². The van der Waals surface area contributed by atoms with Crippen molar-refractivity contribution in [3.05, 3.63) is 65.6 Å². The van der Waals surface area contributed by atoms with Crippen molar-refractivity contribution in [3.8, 4) is 0 Å². The van der Waals surface area contributed by atoms with E-state index in [4.69, 9.17) is 0 Å². The Morgan fingerprint density at radius 3 is 2.55 bits per heavy atom. The Hall–Kier alpha value is -2.18. The second-order valence-corrected chi connectivity index (χ2v) is 6.98. The van der Waals surface area contributed by atoms with Gasteiger partial charge in [-0.15, -0.1) is 0 Å². The molecule has 0 saturated heterocycles. The number of aromatic nitrogens is 2. The van der Waals surface area contributed by atoms with Gasteiger partial charge < -0.3 is 4.40 Å². The highest BCUT2D eigenvalue weighted by Gasteiger charge is 2.16. The van der Waals surface area contributed by atoms with Gasteiger partial charge >= 0.3 is 0 Å². The quantitative estimate of drug-likeness (QED) is 0.804. The zero-order valence-electron chi connectivity index (χ0n) is 12.4. The van der Waals surface area contributed by atoms with E-state index >= 15 is 0 Å². The lowest BCUT2D eigenvalue weighted by molar-refractivity contribution is 0.580. The number of fused-ring (bicyclic) bond motifs is 1. The molecule has 0 unspecified atom stereocenters. The van der Waals surface area contributed by atoms with Crippen LogP contribution in [-0.4, -0.2) is 17.8 Å². The maximum atomic E-state index is 12.3. The number of benzene rings is 1. The third-order valence-corrected chi connectivity index (χ3v) is 5.01. The first-order valence-electron chi connectivity index (χ1n) is 6.96. The van der Waals surface area contributed by atoms with E-state index in [1.807, 2.05) is 42.6 Å². The molecule has 0 aliphatic heterocycles. The molecule has 114 valence electrons. The normalized spacial score (nSPS) is 11.9. The Kier molecular flexibility index (Phi) is 3.72. The van der Waals surface area contributed by atoms with Crippen molar-refractivity contribution < 1.29 is 8.42 Å². The maximum Gasteiger partial charge on any atom is 0.240 e. The average molecular weight is 315 g/mol. The van der Waals surface area contributed by atoms with Gasteiger partial charge in [-0.05, 0) is 38.1 Å². The number of sulfonamides is 1. The Balaban J connectivity index is 1.87. The molecule has 3 aromatic rings. The summed E-state index contributed by atoms with van der Waals surface area (Å²) in [6, 6.07) is 12.5. The molecule has 1 N–H and O–H groups in total. The van der Waals surface area contributed by atoms with Crippen molar-refractivity contribution in [3.63, 3.8) is 0 Å². The zero-order chi connectivity index (χ0) is 15.7. The lowest BCUT2D eigenvalue weighted by Gasteiger charge is -2.08. The van der Waals surface area contributed by atoms with Gasteiger partial charge in [-0.1, -0.05) is 23.8 Å². The van der Waals surface area contributed by atoms with Gasteiger partial charge in [-0.25, -0.2) is 18.1 Å². The third kappa shape index (κ3) is 2.75. The lowest BCUT2D eigenvalue weighted by atomic mass is 10.2. The third-order valence-electron chi connectivity index (χ3n) is 3.59. The Morgan fingerprint density at radius 2 is 1.82 bits per heavy atom. The first kappa shape index (κ1) is 14.7. The topological polar surface area (TPSA) is 63.5 Å². The van der Waals surface area contributed by atoms with Gasteiger partial charge in [-0.2, -0.15) is 0 Å². The minimum Gasteiger partial charge on any atom is -0.302 e. The zero-order valence-corrected chi connectivity index (χ0v) is 13.3. The molecule has 0 spiro atoms. The molecular formula is C16H17N3O2S. The largest absolute Gasteiger partial charge is 0.302 e. The summed E-state index contributed by atoms with van der Waals surface area (Å²) in [6.07, 6.45) is 1.88. The molecule has 6 heteroatoms. The fourth-order valence-electron chi connectivity index (χ4n) is 2.34. The number of pyridine rings is 1. The van der Waals surface area contributed by atoms with E-state index in [-0.39, 0.29) is 11.4 Å². The van der Waals surface area contributed by atoms with E-state index < -0.39 is 10.0 Å². The summed E-state index contributed by atoms with van der Waals surface area (Å²) in [5.74, 6) is 0. The molecule has 2 heterocycles. The second-order valence-electron chi connectivity index (χ2n) is 5.21. The van der Waals surface area contributed by atoms with Crippen LogP contribution in [0.25, 0.3) is 5.65 Å². The number of imidazole rings is 1. The van der Waals surface area contributed by atoms with Gasteiger partial charge in [0.25, 0.3) is 0 Å². The van der Waals surface area contributed by atoms with Crippen molar-refractivity contribution in [2.45, 2.75) is 25.3 Å².